The molecule has 0 unspecified atom stereocenters. The highest BCUT2D eigenvalue weighted by Gasteiger charge is 2.20. The third kappa shape index (κ3) is 7.16. The molecule has 0 saturated heterocycles. The lowest BCUT2D eigenvalue weighted by molar-refractivity contribution is 0.905. The van der Waals surface area contributed by atoms with E-state index in [1.807, 2.05) is 0 Å². The van der Waals surface area contributed by atoms with E-state index in [-0.39, 0.29) is 0 Å². The van der Waals surface area contributed by atoms with E-state index < -0.39 is 0 Å². The van der Waals surface area contributed by atoms with Crippen LogP contribution in [0.1, 0.15) is 50.7 Å². The SMILES string of the molecule is C/C=C\C(=C/C)c1ccc(N(c2ccc(-c3cccc4ccccc34)cc2)c2ccc(-c3ccccc3)c(C3=CC=C(C4=CC=CCC4)CC3)c2)cc1. The van der Waals surface area contributed by atoms with Crippen LogP contribution in [-0.4, -0.2) is 0 Å². The van der Waals surface area contributed by atoms with Gasteiger partial charge >= 0.3 is 0 Å². The molecule has 2 aliphatic rings. The van der Waals surface area contributed by atoms with E-state index in [9.17, 15) is 0 Å². The van der Waals surface area contributed by atoms with Gasteiger partial charge in [0, 0.05) is 17.1 Å². The highest BCUT2D eigenvalue weighted by atomic mass is 15.1. The van der Waals surface area contributed by atoms with Crippen molar-refractivity contribution in [2.75, 3.05) is 4.90 Å². The highest BCUT2D eigenvalue weighted by molar-refractivity contribution is 5.97. The molecular formula is C52H45N. The Balaban J connectivity index is 1.25. The molecule has 6 aromatic carbocycles. The third-order valence-electron chi connectivity index (χ3n) is 10.6. The second-order valence-electron chi connectivity index (χ2n) is 13.8. The first-order valence-electron chi connectivity index (χ1n) is 18.9. The summed E-state index contributed by atoms with van der Waals surface area (Å²) in [5, 5.41) is 2.53. The van der Waals surface area contributed by atoms with Crippen molar-refractivity contribution in [3.05, 3.63) is 210 Å². The van der Waals surface area contributed by atoms with Crippen LogP contribution in [0, 0.1) is 0 Å². The van der Waals surface area contributed by atoms with E-state index in [0.29, 0.717) is 0 Å². The van der Waals surface area contributed by atoms with E-state index in [1.54, 1.807) is 0 Å². The number of nitrogens with zero attached hydrogens (tertiary/aromatic N) is 1. The number of allylic oxidation sites excluding steroid dienone is 12. The molecule has 53 heavy (non-hydrogen) atoms. The molecule has 8 rings (SSSR count). The number of hydrogen-bond donors (Lipinski definition) is 0. The summed E-state index contributed by atoms with van der Waals surface area (Å²) in [5.74, 6) is 0. The summed E-state index contributed by atoms with van der Waals surface area (Å²) in [6.07, 6.45) is 22.3. The molecule has 0 spiro atoms. The Labute approximate surface area is 315 Å². The van der Waals surface area contributed by atoms with E-state index in [1.165, 1.54) is 66.4 Å². The van der Waals surface area contributed by atoms with Crippen molar-refractivity contribution in [2.24, 2.45) is 0 Å². The molecule has 0 aromatic heterocycles. The molecule has 1 heteroatoms. The molecule has 0 aliphatic heterocycles. The van der Waals surface area contributed by atoms with E-state index in [2.05, 4.69) is 207 Å². The summed E-state index contributed by atoms with van der Waals surface area (Å²) in [6, 6.07) is 51.2. The fourth-order valence-corrected chi connectivity index (χ4v) is 7.86. The maximum Gasteiger partial charge on any atom is 0.0468 e. The molecule has 0 radical (unpaired) electrons. The Morgan fingerprint density at radius 2 is 1.19 bits per heavy atom. The molecule has 1 nitrogen and oxygen atoms in total. The molecular weight excluding hydrogens is 639 g/mol. The predicted molar refractivity (Wildman–Crippen MR) is 230 cm³/mol. The summed E-state index contributed by atoms with van der Waals surface area (Å²) in [6.45, 7) is 4.17. The van der Waals surface area contributed by atoms with Gasteiger partial charge in [-0.3, -0.25) is 0 Å². The van der Waals surface area contributed by atoms with Gasteiger partial charge in [0.05, 0.1) is 0 Å². The maximum atomic E-state index is 2.42. The predicted octanol–water partition coefficient (Wildman–Crippen LogP) is 15.0. The van der Waals surface area contributed by atoms with Crippen LogP contribution < -0.4 is 4.90 Å². The van der Waals surface area contributed by atoms with Crippen LogP contribution in [0.25, 0.3) is 44.2 Å². The number of fused-ring (bicyclic) bond motifs is 1. The minimum absolute atomic E-state index is 1.02. The molecule has 0 heterocycles. The molecule has 0 saturated carbocycles. The Morgan fingerprint density at radius 3 is 1.91 bits per heavy atom. The van der Waals surface area contributed by atoms with Crippen LogP contribution in [0.15, 0.2) is 199 Å². The summed E-state index contributed by atoms with van der Waals surface area (Å²) in [4.78, 5) is 2.41. The first kappa shape index (κ1) is 33.9. The lowest BCUT2D eigenvalue weighted by Crippen LogP contribution is -2.11. The maximum absolute atomic E-state index is 2.42. The number of hydrogen-bond acceptors (Lipinski definition) is 1. The van der Waals surface area contributed by atoms with Crippen molar-refractivity contribution in [3.63, 3.8) is 0 Å². The Kier molecular flexibility index (Phi) is 9.99. The van der Waals surface area contributed by atoms with Gasteiger partial charge in [-0.2, -0.15) is 0 Å². The molecule has 258 valence electrons. The molecule has 0 fully saturated rings. The van der Waals surface area contributed by atoms with Gasteiger partial charge in [-0.15, -0.1) is 0 Å². The average molecular weight is 684 g/mol. The zero-order valence-corrected chi connectivity index (χ0v) is 30.7. The van der Waals surface area contributed by atoms with Gasteiger partial charge in [0.1, 0.15) is 0 Å². The van der Waals surface area contributed by atoms with Gasteiger partial charge in [0.2, 0.25) is 0 Å². The van der Waals surface area contributed by atoms with Crippen LogP contribution in [0.5, 0.6) is 0 Å². The van der Waals surface area contributed by atoms with Crippen molar-refractivity contribution < 1.29 is 0 Å². The van der Waals surface area contributed by atoms with Crippen molar-refractivity contribution >= 4 is 39.0 Å². The topological polar surface area (TPSA) is 3.24 Å². The van der Waals surface area contributed by atoms with E-state index in [4.69, 9.17) is 0 Å². The van der Waals surface area contributed by atoms with Crippen LogP contribution >= 0.6 is 0 Å². The number of benzene rings is 6. The Bertz CT molecular complexity index is 2430. The molecule has 2 aliphatic carbocycles. The van der Waals surface area contributed by atoms with Crippen LogP contribution in [-0.2, 0) is 0 Å². The van der Waals surface area contributed by atoms with Gasteiger partial charge in [-0.05, 0) is 142 Å². The standard InChI is InChI=1S/C52H45N/c1-3-14-38(4-2)40-27-31-46(32-28-40)53(47-33-29-44(30-34-47)50-22-13-20-43-19-11-12-21-49(43)50)48-35-36-51(42-17-9-6-10-18-42)52(37-48)45-25-23-41(24-26-45)39-15-7-5-8-16-39/h3-7,9-15,17-23,25,27-37H,8,16,24,26H2,1-2H3/b14-3-,38-4+. The zero-order valence-electron chi connectivity index (χ0n) is 30.7. The van der Waals surface area contributed by atoms with Crippen molar-refractivity contribution in [1.82, 2.24) is 0 Å². The monoisotopic (exact) mass is 683 g/mol. The molecule has 0 N–H and O–H groups in total. The summed E-state index contributed by atoms with van der Waals surface area (Å²) in [5.41, 5.74) is 16.4. The smallest absolute Gasteiger partial charge is 0.0468 e. The third-order valence-corrected chi connectivity index (χ3v) is 10.6. The quantitative estimate of drug-likeness (QED) is 0.137. The van der Waals surface area contributed by atoms with Crippen LogP contribution in [0.3, 0.4) is 0 Å². The number of rotatable bonds is 9. The number of anilines is 3. The summed E-state index contributed by atoms with van der Waals surface area (Å²) < 4.78 is 0. The lowest BCUT2D eigenvalue weighted by Gasteiger charge is -2.28. The van der Waals surface area contributed by atoms with Crippen LogP contribution in [0.2, 0.25) is 0 Å². The van der Waals surface area contributed by atoms with E-state index in [0.717, 1.165) is 42.7 Å². The van der Waals surface area contributed by atoms with Gasteiger partial charge in [-0.1, -0.05) is 152 Å². The Morgan fingerprint density at radius 1 is 0.528 bits per heavy atom. The first-order valence-corrected chi connectivity index (χ1v) is 18.9. The minimum atomic E-state index is 1.02. The molecule has 0 bridgehead atoms. The fraction of sp³-hybridized carbons (Fsp3) is 0.115. The van der Waals surface area contributed by atoms with Crippen LogP contribution in [0.4, 0.5) is 17.1 Å². The van der Waals surface area contributed by atoms with Gasteiger partial charge < -0.3 is 4.90 Å². The lowest BCUT2D eigenvalue weighted by atomic mass is 9.84. The largest absolute Gasteiger partial charge is 0.310 e. The second kappa shape index (κ2) is 15.6. The van der Waals surface area contributed by atoms with Crippen molar-refractivity contribution in [1.29, 1.82) is 0 Å². The van der Waals surface area contributed by atoms with Gasteiger partial charge in [0.25, 0.3) is 0 Å². The average Bonchev–Trinajstić information content (AvgIpc) is 3.24. The normalized spacial score (nSPS) is 14.6. The molecule has 0 amide bonds. The molecule has 0 atom stereocenters. The Hall–Kier alpha value is -6.18. The summed E-state index contributed by atoms with van der Waals surface area (Å²) >= 11 is 0. The second-order valence-corrected chi connectivity index (χ2v) is 13.8. The minimum Gasteiger partial charge on any atom is -0.310 e. The van der Waals surface area contributed by atoms with Gasteiger partial charge in [-0.25, -0.2) is 0 Å². The van der Waals surface area contributed by atoms with E-state index >= 15 is 0 Å². The van der Waals surface area contributed by atoms with Gasteiger partial charge in [0.15, 0.2) is 0 Å². The van der Waals surface area contributed by atoms with Crippen molar-refractivity contribution in [2.45, 2.75) is 39.5 Å². The zero-order chi connectivity index (χ0) is 36.0. The first-order chi connectivity index (χ1) is 26.2. The molecule has 6 aromatic rings. The fourth-order valence-electron chi connectivity index (χ4n) is 7.86. The van der Waals surface area contributed by atoms with Crippen molar-refractivity contribution in [3.8, 4) is 22.3 Å². The summed E-state index contributed by atoms with van der Waals surface area (Å²) in [7, 11) is 0. The highest BCUT2D eigenvalue weighted by Crippen LogP contribution is 2.43.